The van der Waals surface area contributed by atoms with Crippen LogP contribution in [0, 0.1) is 0 Å². The van der Waals surface area contributed by atoms with Crippen LogP contribution in [0.2, 0.25) is 0 Å². The molecule has 1 N–H and O–H groups in total. The highest BCUT2D eigenvalue weighted by Gasteiger charge is 2.12. The number of aromatic hydroxyl groups is 1. The van der Waals surface area contributed by atoms with Crippen molar-refractivity contribution in [1.82, 2.24) is 0 Å². The molecule has 0 aromatic heterocycles. The molecule has 0 bridgehead atoms. The zero-order valence-corrected chi connectivity index (χ0v) is 12.5. The maximum absolute atomic E-state index is 12.1. The molecule has 3 nitrogen and oxygen atoms in total. The molecule has 3 heteroatoms. The van der Waals surface area contributed by atoms with Gasteiger partial charge in [-0.25, -0.2) is 4.79 Å². The predicted octanol–water partition coefficient (Wildman–Crippen LogP) is 4.66. The van der Waals surface area contributed by atoms with Crippen molar-refractivity contribution in [3.05, 3.63) is 54.1 Å². The average molecular weight is 294 g/mol. The Bertz CT molecular complexity index is 837. The second-order valence-electron chi connectivity index (χ2n) is 5.37. The molecule has 3 rings (SSSR count). The number of phenols is 1. The molecule has 0 amide bonds. The van der Waals surface area contributed by atoms with Crippen molar-refractivity contribution < 1.29 is 14.6 Å². The Morgan fingerprint density at radius 3 is 2.68 bits per heavy atom. The van der Waals surface area contributed by atoms with E-state index in [4.69, 9.17) is 4.74 Å². The first-order chi connectivity index (χ1) is 10.7. The average Bonchev–Trinajstić information content (AvgIpc) is 2.54. The number of phenolic OH excluding ortho intramolecular Hbond substituents is 1. The van der Waals surface area contributed by atoms with Gasteiger partial charge in [-0.3, -0.25) is 0 Å². The van der Waals surface area contributed by atoms with Crippen LogP contribution in [-0.2, 0) is 4.74 Å². The Kier molecular flexibility index (Phi) is 3.96. The minimum Gasteiger partial charge on any atom is -0.507 e. The molecule has 0 radical (unpaired) electrons. The number of rotatable bonds is 4. The lowest BCUT2D eigenvalue weighted by Crippen LogP contribution is -2.06. The van der Waals surface area contributed by atoms with Crippen molar-refractivity contribution >= 4 is 27.5 Å². The number of esters is 1. The first-order valence-electron chi connectivity index (χ1n) is 7.52. The van der Waals surface area contributed by atoms with E-state index in [0.29, 0.717) is 12.2 Å². The second kappa shape index (κ2) is 6.06. The third-order valence-corrected chi connectivity index (χ3v) is 3.81. The van der Waals surface area contributed by atoms with Crippen LogP contribution in [0.1, 0.15) is 30.1 Å². The Morgan fingerprint density at radius 1 is 1.05 bits per heavy atom. The summed E-state index contributed by atoms with van der Waals surface area (Å²) in [5.74, 6) is -0.288. The summed E-state index contributed by atoms with van der Waals surface area (Å²) in [5.41, 5.74) is 0.387. The Balaban J connectivity index is 2.09. The first-order valence-corrected chi connectivity index (χ1v) is 7.52. The van der Waals surface area contributed by atoms with Gasteiger partial charge in [0.25, 0.3) is 0 Å². The Labute approximate surface area is 129 Å². The molecule has 112 valence electrons. The molecule has 22 heavy (non-hydrogen) atoms. The highest BCUT2D eigenvalue weighted by Crippen LogP contribution is 2.32. The van der Waals surface area contributed by atoms with E-state index in [1.165, 1.54) is 6.07 Å². The summed E-state index contributed by atoms with van der Waals surface area (Å²) >= 11 is 0. The highest BCUT2D eigenvalue weighted by atomic mass is 16.5. The van der Waals surface area contributed by atoms with E-state index in [1.807, 2.05) is 43.3 Å². The number of unbranched alkanes of at least 4 members (excludes halogenated alkanes) is 1. The number of benzene rings is 3. The minimum atomic E-state index is -0.390. The van der Waals surface area contributed by atoms with Crippen LogP contribution in [-0.4, -0.2) is 17.7 Å². The quantitative estimate of drug-likeness (QED) is 0.432. The molecule has 0 atom stereocenters. The molecule has 0 unspecified atom stereocenters. The van der Waals surface area contributed by atoms with Gasteiger partial charge in [-0.15, -0.1) is 0 Å². The van der Waals surface area contributed by atoms with E-state index in [9.17, 15) is 9.90 Å². The lowest BCUT2D eigenvalue weighted by atomic mass is 9.99. The number of hydrogen-bond acceptors (Lipinski definition) is 3. The van der Waals surface area contributed by atoms with Crippen molar-refractivity contribution in [1.29, 1.82) is 0 Å². The van der Waals surface area contributed by atoms with E-state index >= 15 is 0 Å². The number of ether oxygens (including phenoxy) is 1. The van der Waals surface area contributed by atoms with Crippen LogP contribution in [0.4, 0.5) is 0 Å². The van der Waals surface area contributed by atoms with Gasteiger partial charge >= 0.3 is 5.97 Å². The van der Waals surface area contributed by atoms with Crippen LogP contribution in [0.5, 0.6) is 5.75 Å². The summed E-state index contributed by atoms with van der Waals surface area (Å²) in [7, 11) is 0. The molecule has 0 fully saturated rings. The van der Waals surface area contributed by atoms with Gasteiger partial charge < -0.3 is 9.84 Å². The topological polar surface area (TPSA) is 46.5 Å². The monoisotopic (exact) mass is 294 g/mol. The van der Waals surface area contributed by atoms with Crippen LogP contribution >= 0.6 is 0 Å². The van der Waals surface area contributed by atoms with Crippen molar-refractivity contribution in [3.8, 4) is 5.75 Å². The fourth-order valence-corrected chi connectivity index (χ4v) is 2.61. The predicted molar refractivity (Wildman–Crippen MR) is 88.3 cm³/mol. The van der Waals surface area contributed by atoms with Crippen molar-refractivity contribution in [3.63, 3.8) is 0 Å². The van der Waals surface area contributed by atoms with Gasteiger partial charge in [0.1, 0.15) is 5.75 Å². The van der Waals surface area contributed by atoms with E-state index < -0.39 is 5.97 Å². The van der Waals surface area contributed by atoms with Gasteiger partial charge in [-0.05, 0) is 34.7 Å². The molecular formula is C19H18O3. The number of carbonyl (C=O) groups excluding carboxylic acids is 1. The highest BCUT2D eigenvalue weighted by molar-refractivity contribution is 6.11. The molecule has 3 aromatic rings. The van der Waals surface area contributed by atoms with Gasteiger partial charge in [-0.2, -0.15) is 0 Å². The summed E-state index contributed by atoms with van der Waals surface area (Å²) < 4.78 is 5.23. The Hall–Kier alpha value is -2.55. The lowest BCUT2D eigenvalue weighted by molar-refractivity contribution is 0.0499. The molecule has 0 saturated carbocycles. The van der Waals surface area contributed by atoms with Crippen LogP contribution in [0.3, 0.4) is 0 Å². The molecular weight excluding hydrogens is 276 g/mol. The van der Waals surface area contributed by atoms with Gasteiger partial charge in [0.05, 0.1) is 12.2 Å². The summed E-state index contributed by atoms with van der Waals surface area (Å²) in [4.78, 5) is 12.1. The Morgan fingerprint density at radius 2 is 1.86 bits per heavy atom. The molecule has 0 spiro atoms. The molecule has 0 aliphatic carbocycles. The molecule has 0 saturated heterocycles. The molecule has 3 aromatic carbocycles. The zero-order chi connectivity index (χ0) is 15.5. The van der Waals surface area contributed by atoms with Crippen LogP contribution in [0.25, 0.3) is 21.5 Å². The van der Waals surface area contributed by atoms with Gasteiger partial charge in [0, 0.05) is 5.39 Å². The molecule has 0 heterocycles. The van der Waals surface area contributed by atoms with Gasteiger partial charge in [0.2, 0.25) is 0 Å². The van der Waals surface area contributed by atoms with Crippen molar-refractivity contribution in [2.45, 2.75) is 19.8 Å². The summed E-state index contributed by atoms with van der Waals surface area (Å²) in [5, 5.41) is 13.9. The van der Waals surface area contributed by atoms with Crippen molar-refractivity contribution in [2.75, 3.05) is 6.61 Å². The smallest absolute Gasteiger partial charge is 0.338 e. The first kappa shape index (κ1) is 14.4. The minimum absolute atomic E-state index is 0.102. The summed E-state index contributed by atoms with van der Waals surface area (Å²) in [6.07, 6.45) is 1.81. The maximum Gasteiger partial charge on any atom is 0.338 e. The van der Waals surface area contributed by atoms with Crippen LogP contribution in [0.15, 0.2) is 48.5 Å². The van der Waals surface area contributed by atoms with Crippen molar-refractivity contribution in [2.24, 2.45) is 0 Å². The second-order valence-corrected chi connectivity index (χ2v) is 5.37. The number of hydrogen-bond donors (Lipinski definition) is 1. The summed E-state index contributed by atoms with van der Waals surface area (Å²) in [6, 6.07) is 15.0. The van der Waals surface area contributed by atoms with E-state index in [1.54, 1.807) is 6.07 Å². The standard InChI is InChI=1S/C19H18O3/c1-2-3-10-22-19(21)14-11-17-15-7-5-4-6-13(15)8-9-16(17)18(20)12-14/h4-9,11-12,20H,2-3,10H2,1H3. The normalized spacial score (nSPS) is 11.0. The van der Waals surface area contributed by atoms with Crippen LogP contribution < -0.4 is 0 Å². The maximum atomic E-state index is 12.1. The SMILES string of the molecule is CCCCOC(=O)c1cc(O)c2ccc3ccccc3c2c1. The molecule has 0 aliphatic heterocycles. The van der Waals surface area contributed by atoms with Gasteiger partial charge in [0.15, 0.2) is 0 Å². The van der Waals surface area contributed by atoms with E-state index in [-0.39, 0.29) is 5.75 Å². The van der Waals surface area contributed by atoms with E-state index in [0.717, 1.165) is 34.4 Å². The van der Waals surface area contributed by atoms with Gasteiger partial charge in [-0.1, -0.05) is 49.7 Å². The summed E-state index contributed by atoms with van der Waals surface area (Å²) in [6.45, 7) is 2.45. The largest absolute Gasteiger partial charge is 0.507 e. The lowest BCUT2D eigenvalue weighted by Gasteiger charge is -2.09. The zero-order valence-electron chi connectivity index (χ0n) is 12.5. The third-order valence-electron chi connectivity index (χ3n) is 3.81. The molecule has 0 aliphatic rings. The fourth-order valence-electron chi connectivity index (χ4n) is 2.61. The number of fused-ring (bicyclic) bond motifs is 3. The van der Waals surface area contributed by atoms with E-state index in [2.05, 4.69) is 0 Å². The fraction of sp³-hybridized carbons (Fsp3) is 0.211. The third kappa shape index (κ3) is 2.62. The number of carbonyl (C=O) groups is 1.